The molecule has 4 heterocycles. The third-order valence-electron chi connectivity index (χ3n) is 14.1. The molecule has 0 aromatic heterocycles. The van der Waals surface area contributed by atoms with Crippen LogP contribution in [0.3, 0.4) is 0 Å². The summed E-state index contributed by atoms with van der Waals surface area (Å²) in [7, 11) is 0. The standard InChI is InChI=1S/C53H70N4O15/c1-28-16-22-70-53(10)51(67)42-40-41(46(64)35(8)50(42)72-53)48(66)43(55-52(68)30(3)13-11-12-29(2)44(62)33(6)45(63)34(7)49(32(28)5)71-36(9)60)39(47(40)65)25-54-57-19-17-56(18-20-57)21-23-69-31(4)14-15-38(61)24-37(26-58)27-59/h11-13,16,22,25-29,32-34,37,44-45,49,62-66H,4,14-15,17-21,23-24H2,1-3,5-10H3,(H,55,68)/b12-11+,22-16+,30-13-,54-25+/t28-,29-,32+,33+,34+,44-,45+,49+,53-/m0/s1. The van der Waals surface area contributed by atoms with Crippen LogP contribution in [0.1, 0.15) is 96.1 Å². The van der Waals surface area contributed by atoms with Gasteiger partial charge in [0.1, 0.15) is 48.3 Å². The molecule has 392 valence electrons. The lowest BCUT2D eigenvalue weighted by atomic mass is 9.77. The minimum atomic E-state index is -2.04. The van der Waals surface area contributed by atoms with Gasteiger partial charge in [0.2, 0.25) is 0 Å². The van der Waals surface area contributed by atoms with Crippen molar-refractivity contribution >= 4 is 58.7 Å². The number of hydrazone groups is 1. The van der Waals surface area contributed by atoms with Gasteiger partial charge in [-0.05, 0) is 31.8 Å². The van der Waals surface area contributed by atoms with Crippen LogP contribution in [-0.4, -0.2) is 141 Å². The van der Waals surface area contributed by atoms with Gasteiger partial charge in [-0.15, -0.1) is 0 Å². The van der Waals surface area contributed by atoms with Gasteiger partial charge in [-0.2, -0.15) is 5.10 Å². The van der Waals surface area contributed by atoms with E-state index < -0.39 is 88.6 Å². The highest BCUT2D eigenvalue weighted by atomic mass is 16.7. The molecule has 9 atom stereocenters. The number of phenols is 3. The molecule has 1 amide bonds. The highest BCUT2D eigenvalue weighted by Crippen LogP contribution is 2.55. The monoisotopic (exact) mass is 1000 g/mol. The smallest absolute Gasteiger partial charge is 0.312 e. The van der Waals surface area contributed by atoms with Gasteiger partial charge in [0.15, 0.2) is 5.75 Å². The average Bonchev–Trinajstić information content (AvgIpc) is 3.61. The second kappa shape index (κ2) is 24.2. The zero-order chi connectivity index (χ0) is 53.4. The van der Waals surface area contributed by atoms with Crippen molar-refractivity contribution in [3.8, 4) is 23.0 Å². The third-order valence-corrected chi connectivity index (χ3v) is 14.1. The Balaban J connectivity index is 1.48. The molecule has 2 aromatic rings. The molecule has 2 aromatic carbocycles. The number of carbonyl (C=O) groups excluding carboxylic acids is 6. The summed E-state index contributed by atoms with van der Waals surface area (Å²) >= 11 is 0. The van der Waals surface area contributed by atoms with Crippen LogP contribution in [0.25, 0.3) is 10.8 Å². The summed E-state index contributed by atoms with van der Waals surface area (Å²) in [6, 6.07) is 0. The van der Waals surface area contributed by atoms with Gasteiger partial charge in [0, 0.05) is 100 Å². The van der Waals surface area contributed by atoms with E-state index in [1.807, 2.05) is 13.8 Å². The minimum Gasteiger partial charge on any atom is -0.507 e. The molecule has 0 radical (unpaired) electrons. The van der Waals surface area contributed by atoms with Crippen LogP contribution in [0.2, 0.25) is 0 Å². The fourth-order valence-corrected chi connectivity index (χ4v) is 9.12. The van der Waals surface area contributed by atoms with Crippen molar-refractivity contribution in [2.24, 2.45) is 40.6 Å². The molecule has 1 fully saturated rings. The van der Waals surface area contributed by atoms with Crippen LogP contribution in [-0.2, 0) is 38.2 Å². The normalized spacial score (nSPS) is 28.2. The molecule has 0 unspecified atom stereocenters. The lowest BCUT2D eigenvalue weighted by Gasteiger charge is -2.37. The summed E-state index contributed by atoms with van der Waals surface area (Å²) in [5.74, 6) is -9.47. The minimum absolute atomic E-state index is 0.0362. The predicted molar refractivity (Wildman–Crippen MR) is 267 cm³/mol. The van der Waals surface area contributed by atoms with Gasteiger partial charge in [-0.1, -0.05) is 59.4 Å². The molecular formula is C53H70N4O15. The molecule has 4 aliphatic rings. The van der Waals surface area contributed by atoms with E-state index in [1.54, 1.807) is 44.0 Å². The van der Waals surface area contributed by atoms with Crippen molar-refractivity contribution in [1.82, 2.24) is 9.91 Å². The second-order valence-electron chi connectivity index (χ2n) is 19.4. The van der Waals surface area contributed by atoms with Crippen LogP contribution in [0, 0.1) is 42.4 Å². The van der Waals surface area contributed by atoms with Crippen molar-refractivity contribution in [3.05, 3.63) is 65.2 Å². The number of esters is 1. The molecule has 72 heavy (non-hydrogen) atoms. The number of aromatic hydroxyl groups is 3. The number of piperazine rings is 1. The number of allylic oxidation sites excluding steroid dienone is 4. The number of aliphatic hydroxyl groups is 2. The quantitative estimate of drug-likeness (QED) is 0.0255. The number of aliphatic hydroxyl groups excluding tert-OH is 2. The van der Waals surface area contributed by atoms with Gasteiger partial charge in [0.05, 0.1) is 58.6 Å². The number of anilines is 1. The van der Waals surface area contributed by atoms with Crippen LogP contribution in [0.15, 0.2) is 53.6 Å². The zero-order valence-corrected chi connectivity index (χ0v) is 42.5. The van der Waals surface area contributed by atoms with Crippen LogP contribution in [0.5, 0.6) is 23.0 Å². The topological polar surface area (TPSA) is 271 Å². The Morgan fingerprint density at radius 1 is 0.917 bits per heavy atom. The number of phenolic OH excluding ortho intramolecular Hbond substituents is 3. The highest BCUT2D eigenvalue weighted by Gasteiger charge is 2.50. The summed E-state index contributed by atoms with van der Waals surface area (Å²) < 4.78 is 23.7. The number of aldehydes is 2. The Kier molecular flexibility index (Phi) is 19.0. The number of hydrogen-bond donors (Lipinski definition) is 6. The molecule has 6 N–H and O–H groups in total. The van der Waals surface area contributed by atoms with E-state index in [-0.39, 0.29) is 82.0 Å². The molecule has 0 aliphatic carbocycles. The number of hydrogen-bond acceptors (Lipinski definition) is 18. The number of carbonyl (C=O) groups is 6. The van der Waals surface area contributed by atoms with Gasteiger partial charge in [-0.3, -0.25) is 29.1 Å². The maximum Gasteiger partial charge on any atom is 0.312 e. The summed E-state index contributed by atoms with van der Waals surface area (Å²) in [5.41, 5.74) is -0.538. The highest BCUT2D eigenvalue weighted by molar-refractivity contribution is 6.24. The van der Waals surface area contributed by atoms with Gasteiger partial charge >= 0.3 is 11.8 Å². The van der Waals surface area contributed by atoms with E-state index in [4.69, 9.17) is 18.9 Å². The Morgan fingerprint density at radius 2 is 1.58 bits per heavy atom. The summed E-state index contributed by atoms with van der Waals surface area (Å²) in [6.45, 7) is 21.0. The van der Waals surface area contributed by atoms with Crippen molar-refractivity contribution in [3.63, 3.8) is 0 Å². The number of fused-ring (bicyclic) bond motifs is 14. The molecule has 0 spiro atoms. The first-order chi connectivity index (χ1) is 34.0. The molecule has 5 bridgehead atoms. The number of Topliss-reactive ketones (excluding diaryl/α,β-unsaturated/α-hetero) is 2. The first-order valence-electron chi connectivity index (χ1n) is 24.2. The SMILES string of the molecule is C=C(CCC(=O)CC(C=O)C=O)OCCN1CCN(/N=C/c2c3c(O)c4c(O)c(C)c5c(c4c2O)C(=O)[C@@](C)(O/C=C/[C@H](C)[C@@H](C)[C@@H](OC(C)=O)[C@H](C)[C@H](O)[C@H](C)[C@@H](O)[C@@H](C)/C=C/C=C(/C)C(=O)N3)O5)CC1. The molecule has 4 aliphatic heterocycles. The van der Waals surface area contributed by atoms with E-state index in [0.717, 1.165) is 0 Å². The number of ketones is 2. The lowest BCUT2D eigenvalue weighted by Crippen LogP contribution is -2.45. The van der Waals surface area contributed by atoms with Gasteiger partial charge in [0.25, 0.3) is 11.7 Å². The Bertz CT molecular complexity index is 2520. The number of benzene rings is 2. The number of nitrogens with one attached hydrogen (secondary N) is 1. The number of amides is 1. The van der Waals surface area contributed by atoms with Crippen molar-refractivity contribution < 1.29 is 73.2 Å². The zero-order valence-electron chi connectivity index (χ0n) is 42.5. The van der Waals surface area contributed by atoms with Crippen LogP contribution < -0.4 is 10.1 Å². The van der Waals surface area contributed by atoms with Gasteiger partial charge < -0.3 is 59.4 Å². The fourth-order valence-electron chi connectivity index (χ4n) is 9.12. The number of nitrogens with zero attached hydrogens (tertiary/aromatic N) is 3. The molecular weight excluding hydrogens is 933 g/mol. The van der Waals surface area contributed by atoms with E-state index in [9.17, 15) is 54.3 Å². The average molecular weight is 1000 g/mol. The first kappa shape index (κ1) is 56.3. The Morgan fingerprint density at radius 3 is 2.22 bits per heavy atom. The van der Waals surface area contributed by atoms with Crippen molar-refractivity contribution in [2.45, 2.75) is 106 Å². The van der Waals surface area contributed by atoms with Crippen molar-refractivity contribution in [1.29, 1.82) is 0 Å². The van der Waals surface area contributed by atoms with Crippen LogP contribution >= 0.6 is 0 Å². The second-order valence-corrected chi connectivity index (χ2v) is 19.4. The number of ether oxygens (including phenoxy) is 4. The summed E-state index contributed by atoms with van der Waals surface area (Å²) in [5, 5.41) is 67.4. The molecule has 19 nitrogen and oxygen atoms in total. The fraction of sp³-hybridized carbons (Fsp3) is 0.528. The Labute approximate surface area is 419 Å². The lowest BCUT2D eigenvalue weighted by molar-refractivity contribution is -0.158. The Hall–Kier alpha value is -6.57. The molecule has 19 heteroatoms. The molecule has 0 saturated carbocycles. The van der Waals surface area contributed by atoms with Crippen LogP contribution in [0.4, 0.5) is 5.69 Å². The summed E-state index contributed by atoms with van der Waals surface area (Å²) in [6.07, 6.45) is 6.97. The van der Waals surface area contributed by atoms with E-state index in [0.29, 0.717) is 51.1 Å². The molecule has 1 saturated heterocycles. The predicted octanol–water partition coefficient (Wildman–Crippen LogP) is 5.61. The summed E-state index contributed by atoms with van der Waals surface area (Å²) in [4.78, 5) is 76.9. The third kappa shape index (κ3) is 12.7. The largest absolute Gasteiger partial charge is 0.507 e. The van der Waals surface area contributed by atoms with E-state index >= 15 is 0 Å². The first-order valence-corrected chi connectivity index (χ1v) is 24.2. The number of rotatable bonds is 14. The maximum absolute atomic E-state index is 14.6. The van der Waals surface area contributed by atoms with E-state index in [1.165, 1.54) is 46.2 Å². The van der Waals surface area contributed by atoms with Crippen molar-refractivity contribution in [2.75, 3.05) is 44.6 Å². The van der Waals surface area contributed by atoms with Gasteiger partial charge in [-0.25, -0.2) is 0 Å². The maximum atomic E-state index is 14.6. The molecule has 6 rings (SSSR count). The van der Waals surface area contributed by atoms with E-state index in [2.05, 4.69) is 21.9 Å².